The summed E-state index contributed by atoms with van der Waals surface area (Å²) in [6.45, 7) is 0. The minimum absolute atomic E-state index is 0. The molecule has 0 radical (unpaired) electrons. The van der Waals surface area contributed by atoms with E-state index in [0.29, 0.717) is 5.54 Å². The Balaban J connectivity index is 0.000000653. The summed E-state index contributed by atoms with van der Waals surface area (Å²) >= 11 is 0. The Bertz CT molecular complexity index is 206. The van der Waals surface area contributed by atoms with Gasteiger partial charge in [0.2, 0.25) is 0 Å². The van der Waals surface area contributed by atoms with Crippen molar-refractivity contribution in [3.05, 3.63) is 0 Å². The van der Waals surface area contributed by atoms with Crippen LogP contribution in [0.4, 0.5) is 0 Å². The molecular weight excluding hydrogens is 182 g/mol. The minimum Gasteiger partial charge on any atom is -0.314 e. The highest BCUT2D eigenvalue weighted by Gasteiger charge is 2.58. The maximum atomic E-state index is 3.67. The first-order valence-corrected chi connectivity index (χ1v) is 5.56. The molecule has 1 nitrogen and oxygen atoms in total. The number of fused-ring (bicyclic) bond motifs is 5. The molecule has 3 saturated carbocycles. The van der Waals surface area contributed by atoms with Gasteiger partial charge in [0.1, 0.15) is 0 Å². The van der Waals surface area contributed by atoms with Crippen LogP contribution in [0, 0.1) is 17.8 Å². The molecule has 0 unspecified atom stereocenters. The van der Waals surface area contributed by atoms with Gasteiger partial charge in [0.15, 0.2) is 0 Å². The third kappa shape index (κ3) is 1.04. The maximum Gasteiger partial charge on any atom is 0.0237 e. The van der Waals surface area contributed by atoms with Crippen LogP contribution >= 0.6 is 12.4 Å². The number of rotatable bonds is 1. The number of hydrogen-bond acceptors (Lipinski definition) is 1. The van der Waals surface area contributed by atoms with E-state index < -0.39 is 0 Å². The molecule has 13 heavy (non-hydrogen) atoms. The van der Waals surface area contributed by atoms with Gasteiger partial charge in [-0.05, 0) is 56.9 Å². The molecule has 3 fully saturated rings. The summed E-state index contributed by atoms with van der Waals surface area (Å²) in [4.78, 5) is 0. The SMILES string of the molecule is CN[C@]12CCC[C@H]1[C@@H]1CC[C@H]2C1.Cl. The van der Waals surface area contributed by atoms with E-state index in [1.807, 2.05) is 0 Å². The van der Waals surface area contributed by atoms with Crippen molar-refractivity contribution in [2.45, 2.75) is 44.1 Å². The molecule has 0 aromatic heterocycles. The quantitative estimate of drug-likeness (QED) is 0.688. The van der Waals surface area contributed by atoms with Crippen LogP contribution in [0.15, 0.2) is 0 Å². The predicted octanol–water partition coefficient (Wildman–Crippen LogP) is 2.60. The monoisotopic (exact) mass is 201 g/mol. The molecule has 3 aliphatic rings. The van der Waals surface area contributed by atoms with Crippen molar-refractivity contribution < 1.29 is 0 Å². The molecule has 0 aliphatic heterocycles. The summed E-state index contributed by atoms with van der Waals surface area (Å²) in [5.74, 6) is 3.20. The van der Waals surface area contributed by atoms with E-state index in [-0.39, 0.29) is 12.4 Å². The van der Waals surface area contributed by atoms with Gasteiger partial charge in [-0.15, -0.1) is 12.4 Å². The fourth-order valence-electron chi connectivity index (χ4n) is 4.58. The second kappa shape index (κ2) is 3.13. The molecule has 3 rings (SSSR count). The van der Waals surface area contributed by atoms with E-state index in [1.165, 1.54) is 25.7 Å². The molecule has 0 spiro atoms. The second-order valence-electron chi connectivity index (χ2n) is 5.06. The van der Waals surface area contributed by atoms with Crippen molar-refractivity contribution in [2.24, 2.45) is 17.8 Å². The van der Waals surface area contributed by atoms with Gasteiger partial charge < -0.3 is 5.32 Å². The molecule has 0 saturated heterocycles. The first-order chi connectivity index (χ1) is 5.87. The normalized spacial score (nSPS) is 51.9. The van der Waals surface area contributed by atoms with E-state index in [2.05, 4.69) is 12.4 Å². The first-order valence-electron chi connectivity index (χ1n) is 5.56. The lowest BCUT2D eigenvalue weighted by molar-refractivity contribution is 0.170. The Hall–Kier alpha value is 0.250. The average Bonchev–Trinajstić information content (AvgIpc) is 2.76. The predicted molar refractivity (Wildman–Crippen MR) is 57.2 cm³/mol. The summed E-state index contributed by atoms with van der Waals surface area (Å²) < 4.78 is 0. The van der Waals surface area contributed by atoms with E-state index in [4.69, 9.17) is 0 Å². The molecule has 0 aromatic carbocycles. The van der Waals surface area contributed by atoms with Gasteiger partial charge in [-0.1, -0.05) is 6.42 Å². The van der Waals surface area contributed by atoms with Crippen molar-refractivity contribution in [3.8, 4) is 0 Å². The van der Waals surface area contributed by atoms with Crippen LogP contribution in [-0.4, -0.2) is 12.6 Å². The molecule has 4 atom stereocenters. The summed E-state index contributed by atoms with van der Waals surface area (Å²) in [7, 11) is 2.19. The molecule has 0 amide bonds. The minimum atomic E-state index is 0. The van der Waals surface area contributed by atoms with Crippen molar-refractivity contribution in [1.82, 2.24) is 5.32 Å². The van der Waals surface area contributed by atoms with Gasteiger partial charge >= 0.3 is 0 Å². The third-order valence-electron chi connectivity index (χ3n) is 5.00. The maximum absolute atomic E-state index is 3.67. The average molecular weight is 202 g/mol. The molecule has 76 valence electrons. The summed E-state index contributed by atoms with van der Waals surface area (Å²) in [6, 6.07) is 0. The van der Waals surface area contributed by atoms with E-state index in [1.54, 1.807) is 12.8 Å². The van der Waals surface area contributed by atoms with Crippen LogP contribution < -0.4 is 5.32 Å². The van der Waals surface area contributed by atoms with Gasteiger partial charge in [-0.25, -0.2) is 0 Å². The number of hydrogen-bond donors (Lipinski definition) is 1. The Kier molecular flexibility index (Phi) is 2.36. The van der Waals surface area contributed by atoms with E-state index >= 15 is 0 Å². The Morgan fingerprint density at radius 1 is 1.23 bits per heavy atom. The lowest BCUT2D eigenvalue weighted by atomic mass is 9.75. The summed E-state index contributed by atoms with van der Waals surface area (Å²) in [5.41, 5.74) is 0.614. The van der Waals surface area contributed by atoms with Gasteiger partial charge in [0, 0.05) is 5.54 Å². The Labute approximate surface area is 87.1 Å². The van der Waals surface area contributed by atoms with Crippen LogP contribution in [0.2, 0.25) is 0 Å². The summed E-state index contributed by atoms with van der Waals surface area (Å²) in [6.07, 6.45) is 9.07. The third-order valence-corrected chi connectivity index (χ3v) is 5.00. The van der Waals surface area contributed by atoms with E-state index in [0.717, 1.165) is 17.8 Å². The fraction of sp³-hybridized carbons (Fsp3) is 1.00. The Morgan fingerprint density at radius 3 is 2.77 bits per heavy atom. The highest BCUT2D eigenvalue weighted by Crippen LogP contribution is 2.60. The first kappa shape index (κ1) is 9.79. The molecule has 2 bridgehead atoms. The second-order valence-corrected chi connectivity index (χ2v) is 5.06. The molecule has 1 N–H and O–H groups in total. The van der Waals surface area contributed by atoms with Gasteiger partial charge in [0.05, 0.1) is 0 Å². The van der Waals surface area contributed by atoms with Crippen molar-refractivity contribution in [3.63, 3.8) is 0 Å². The van der Waals surface area contributed by atoms with Crippen molar-refractivity contribution >= 4 is 12.4 Å². The summed E-state index contributed by atoms with van der Waals surface area (Å²) in [5, 5.41) is 3.67. The van der Waals surface area contributed by atoms with Crippen LogP contribution in [0.3, 0.4) is 0 Å². The van der Waals surface area contributed by atoms with Gasteiger partial charge in [-0.3, -0.25) is 0 Å². The zero-order valence-corrected chi connectivity index (χ0v) is 9.20. The molecule has 3 aliphatic carbocycles. The van der Waals surface area contributed by atoms with Crippen LogP contribution in [0.5, 0.6) is 0 Å². The van der Waals surface area contributed by atoms with E-state index in [9.17, 15) is 0 Å². The lowest BCUT2D eigenvalue weighted by Crippen LogP contribution is -2.50. The van der Waals surface area contributed by atoms with Crippen LogP contribution in [0.25, 0.3) is 0 Å². The zero-order valence-electron chi connectivity index (χ0n) is 8.38. The standard InChI is InChI=1S/C11H19N.ClH/c1-12-11-6-2-3-10(11)8-4-5-9(11)7-8;/h8-10,12H,2-7H2,1H3;1H/t8-,9+,10+,11+;/m1./s1. The van der Waals surface area contributed by atoms with Crippen LogP contribution in [-0.2, 0) is 0 Å². The van der Waals surface area contributed by atoms with Crippen molar-refractivity contribution in [1.29, 1.82) is 0 Å². The molecule has 0 heterocycles. The number of nitrogens with one attached hydrogen (secondary N) is 1. The highest BCUT2D eigenvalue weighted by molar-refractivity contribution is 5.85. The molecule has 2 heteroatoms. The largest absolute Gasteiger partial charge is 0.314 e. The fourth-order valence-corrected chi connectivity index (χ4v) is 4.58. The molecule has 0 aromatic rings. The zero-order chi connectivity index (χ0) is 8.18. The number of halogens is 1. The Morgan fingerprint density at radius 2 is 2.08 bits per heavy atom. The topological polar surface area (TPSA) is 12.0 Å². The van der Waals surface area contributed by atoms with Crippen molar-refractivity contribution in [2.75, 3.05) is 7.05 Å². The lowest BCUT2D eigenvalue weighted by Gasteiger charge is -2.39. The smallest absolute Gasteiger partial charge is 0.0237 e. The van der Waals surface area contributed by atoms with Crippen LogP contribution in [0.1, 0.15) is 38.5 Å². The highest BCUT2D eigenvalue weighted by atomic mass is 35.5. The van der Waals surface area contributed by atoms with Gasteiger partial charge in [-0.2, -0.15) is 0 Å². The van der Waals surface area contributed by atoms with Gasteiger partial charge in [0.25, 0.3) is 0 Å². The molecular formula is C11H20ClN.